The predicted octanol–water partition coefficient (Wildman–Crippen LogP) is 3.34. The molecular weight excluding hydrogens is 332 g/mol. The number of hydrogen-bond donors (Lipinski definition) is 1. The molecule has 0 radical (unpaired) electrons. The second-order valence-corrected chi connectivity index (χ2v) is 5.24. The topological polar surface area (TPSA) is 58.1 Å². The lowest BCUT2D eigenvalue weighted by Crippen LogP contribution is -2.23. The van der Waals surface area contributed by atoms with Gasteiger partial charge in [-0.25, -0.2) is 0 Å². The second-order valence-electron chi connectivity index (χ2n) is 4.38. The number of aromatic nitrogens is 2. The SMILES string of the molecule is CCN(CC)c1ccc(NC(=O)c2ccccc2Br)nn1. The largest absolute Gasteiger partial charge is 0.356 e. The van der Waals surface area contributed by atoms with Gasteiger partial charge in [0.2, 0.25) is 0 Å². The molecule has 21 heavy (non-hydrogen) atoms. The van der Waals surface area contributed by atoms with Gasteiger partial charge in [0.25, 0.3) is 5.91 Å². The number of nitrogens with one attached hydrogen (secondary N) is 1. The molecular formula is C15H17BrN4O. The van der Waals surface area contributed by atoms with Gasteiger partial charge >= 0.3 is 0 Å². The summed E-state index contributed by atoms with van der Waals surface area (Å²) in [6.07, 6.45) is 0. The molecule has 0 atom stereocenters. The molecule has 1 aromatic heterocycles. The van der Waals surface area contributed by atoms with E-state index in [-0.39, 0.29) is 5.91 Å². The minimum atomic E-state index is -0.215. The van der Waals surface area contributed by atoms with Gasteiger partial charge in [-0.3, -0.25) is 4.79 Å². The Bertz CT molecular complexity index is 611. The quantitative estimate of drug-likeness (QED) is 0.900. The van der Waals surface area contributed by atoms with Crippen LogP contribution < -0.4 is 10.2 Å². The molecule has 0 saturated heterocycles. The van der Waals surface area contributed by atoms with E-state index >= 15 is 0 Å². The van der Waals surface area contributed by atoms with Crippen LogP contribution in [0.25, 0.3) is 0 Å². The molecule has 0 aliphatic rings. The monoisotopic (exact) mass is 348 g/mol. The summed E-state index contributed by atoms with van der Waals surface area (Å²) < 4.78 is 0.746. The average Bonchev–Trinajstić information content (AvgIpc) is 2.50. The first-order valence-electron chi connectivity index (χ1n) is 6.80. The number of carbonyl (C=O) groups is 1. The normalized spacial score (nSPS) is 10.2. The zero-order chi connectivity index (χ0) is 15.2. The molecule has 0 spiro atoms. The highest BCUT2D eigenvalue weighted by Gasteiger charge is 2.11. The van der Waals surface area contributed by atoms with Gasteiger partial charge in [0, 0.05) is 17.6 Å². The minimum Gasteiger partial charge on any atom is -0.356 e. The van der Waals surface area contributed by atoms with Crippen LogP contribution in [0.4, 0.5) is 11.6 Å². The second kappa shape index (κ2) is 7.17. The van der Waals surface area contributed by atoms with Gasteiger partial charge in [-0.1, -0.05) is 12.1 Å². The third-order valence-corrected chi connectivity index (χ3v) is 3.79. The van der Waals surface area contributed by atoms with Crippen molar-refractivity contribution in [2.24, 2.45) is 0 Å². The van der Waals surface area contributed by atoms with E-state index in [1.165, 1.54) is 0 Å². The van der Waals surface area contributed by atoms with Crippen molar-refractivity contribution >= 4 is 33.5 Å². The summed E-state index contributed by atoms with van der Waals surface area (Å²) in [6, 6.07) is 10.9. The Morgan fingerprint density at radius 2 is 1.86 bits per heavy atom. The molecule has 0 bridgehead atoms. The summed E-state index contributed by atoms with van der Waals surface area (Å²) in [5.74, 6) is 1.03. The lowest BCUT2D eigenvalue weighted by Gasteiger charge is -2.18. The van der Waals surface area contributed by atoms with Crippen LogP contribution in [-0.2, 0) is 0 Å². The minimum absolute atomic E-state index is 0.215. The number of halogens is 1. The lowest BCUT2D eigenvalue weighted by molar-refractivity contribution is 0.102. The Labute approximate surface area is 132 Å². The van der Waals surface area contributed by atoms with Crippen LogP contribution in [0.2, 0.25) is 0 Å². The third kappa shape index (κ3) is 3.78. The third-order valence-electron chi connectivity index (χ3n) is 3.10. The van der Waals surface area contributed by atoms with Gasteiger partial charge in [-0.05, 0) is 54.0 Å². The van der Waals surface area contributed by atoms with Crippen molar-refractivity contribution in [1.82, 2.24) is 10.2 Å². The molecule has 1 N–H and O–H groups in total. The molecule has 1 amide bonds. The summed E-state index contributed by atoms with van der Waals surface area (Å²) in [6.45, 7) is 5.86. The molecule has 2 aromatic rings. The number of benzene rings is 1. The molecule has 1 heterocycles. The molecule has 5 nitrogen and oxygen atoms in total. The number of rotatable bonds is 5. The summed E-state index contributed by atoms with van der Waals surface area (Å²) in [7, 11) is 0. The van der Waals surface area contributed by atoms with Crippen molar-refractivity contribution in [3.05, 3.63) is 46.4 Å². The predicted molar refractivity (Wildman–Crippen MR) is 87.7 cm³/mol. The molecule has 0 saturated carbocycles. The highest BCUT2D eigenvalue weighted by Crippen LogP contribution is 2.17. The molecule has 0 aliphatic carbocycles. The summed E-state index contributed by atoms with van der Waals surface area (Å²) in [4.78, 5) is 14.2. The molecule has 110 valence electrons. The first-order valence-corrected chi connectivity index (χ1v) is 7.59. The highest BCUT2D eigenvalue weighted by atomic mass is 79.9. The van der Waals surface area contributed by atoms with Crippen LogP contribution in [0, 0.1) is 0 Å². The van der Waals surface area contributed by atoms with Gasteiger partial charge in [0.1, 0.15) is 0 Å². The molecule has 0 unspecified atom stereocenters. The first-order chi connectivity index (χ1) is 10.2. The average molecular weight is 349 g/mol. The number of carbonyl (C=O) groups excluding carboxylic acids is 1. The van der Waals surface area contributed by atoms with Gasteiger partial charge in [0.05, 0.1) is 5.56 Å². The van der Waals surface area contributed by atoms with Crippen molar-refractivity contribution in [2.45, 2.75) is 13.8 Å². The maximum atomic E-state index is 12.1. The van der Waals surface area contributed by atoms with E-state index < -0.39 is 0 Å². The first kappa shape index (κ1) is 15.4. The standard InChI is InChI=1S/C15H17BrN4O/c1-3-20(4-2)14-10-9-13(18-19-14)17-15(21)11-7-5-6-8-12(11)16/h5-10H,3-4H2,1-2H3,(H,17,18,21). The molecule has 1 aromatic carbocycles. The van der Waals surface area contributed by atoms with Gasteiger partial charge in [-0.15, -0.1) is 10.2 Å². The zero-order valence-electron chi connectivity index (χ0n) is 12.0. The van der Waals surface area contributed by atoms with Crippen LogP contribution in [0.1, 0.15) is 24.2 Å². The number of anilines is 2. The van der Waals surface area contributed by atoms with E-state index in [0.717, 1.165) is 23.4 Å². The fraction of sp³-hybridized carbons (Fsp3) is 0.267. The van der Waals surface area contributed by atoms with Crippen molar-refractivity contribution in [3.8, 4) is 0 Å². The van der Waals surface area contributed by atoms with E-state index in [4.69, 9.17) is 0 Å². The van der Waals surface area contributed by atoms with Crippen molar-refractivity contribution < 1.29 is 4.79 Å². The molecule has 6 heteroatoms. The summed E-state index contributed by atoms with van der Waals surface area (Å²) in [5.41, 5.74) is 0.562. The van der Waals surface area contributed by atoms with Crippen molar-refractivity contribution in [3.63, 3.8) is 0 Å². The van der Waals surface area contributed by atoms with Crippen molar-refractivity contribution in [2.75, 3.05) is 23.3 Å². The van der Waals surface area contributed by atoms with E-state index in [1.54, 1.807) is 12.1 Å². The fourth-order valence-electron chi connectivity index (χ4n) is 1.94. The summed E-state index contributed by atoms with van der Waals surface area (Å²) in [5, 5.41) is 10.9. The molecule has 0 fully saturated rings. The smallest absolute Gasteiger partial charge is 0.258 e. The van der Waals surface area contributed by atoms with Crippen LogP contribution >= 0.6 is 15.9 Å². The Kier molecular flexibility index (Phi) is 5.27. The van der Waals surface area contributed by atoms with Gasteiger partial charge < -0.3 is 10.2 Å². The van der Waals surface area contributed by atoms with E-state index in [1.807, 2.05) is 24.3 Å². The van der Waals surface area contributed by atoms with Gasteiger partial charge in [-0.2, -0.15) is 0 Å². The van der Waals surface area contributed by atoms with E-state index in [2.05, 4.69) is 50.2 Å². The Morgan fingerprint density at radius 3 is 2.43 bits per heavy atom. The number of hydrogen-bond acceptors (Lipinski definition) is 4. The van der Waals surface area contributed by atoms with Crippen LogP contribution in [0.15, 0.2) is 40.9 Å². The maximum absolute atomic E-state index is 12.1. The van der Waals surface area contributed by atoms with E-state index in [9.17, 15) is 4.79 Å². The molecule has 0 aliphatic heterocycles. The van der Waals surface area contributed by atoms with E-state index in [0.29, 0.717) is 11.4 Å². The maximum Gasteiger partial charge on any atom is 0.258 e. The van der Waals surface area contributed by atoms with Crippen LogP contribution in [0.5, 0.6) is 0 Å². The fourth-order valence-corrected chi connectivity index (χ4v) is 2.40. The van der Waals surface area contributed by atoms with Gasteiger partial charge in [0.15, 0.2) is 11.6 Å². The number of amides is 1. The van der Waals surface area contributed by atoms with Crippen LogP contribution in [-0.4, -0.2) is 29.2 Å². The lowest BCUT2D eigenvalue weighted by atomic mass is 10.2. The highest BCUT2D eigenvalue weighted by molar-refractivity contribution is 9.10. The zero-order valence-corrected chi connectivity index (χ0v) is 13.6. The Morgan fingerprint density at radius 1 is 1.14 bits per heavy atom. The Hall–Kier alpha value is -1.95. The summed E-state index contributed by atoms with van der Waals surface area (Å²) >= 11 is 3.36. The molecule has 2 rings (SSSR count). The Balaban J connectivity index is 2.10. The van der Waals surface area contributed by atoms with Crippen molar-refractivity contribution in [1.29, 1.82) is 0 Å². The number of nitrogens with zero attached hydrogens (tertiary/aromatic N) is 3. The van der Waals surface area contributed by atoms with Crippen LogP contribution in [0.3, 0.4) is 0 Å².